The maximum absolute atomic E-state index is 13.3. The van der Waals surface area contributed by atoms with E-state index >= 15 is 0 Å². The van der Waals surface area contributed by atoms with Gasteiger partial charge in [0.15, 0.2) is 0 Å². The van der Waals surface area contributed by atoms with Crippen molar-refractivity contribution in [3.63, 3.8) is 0 Å². The minimum Gasteiger partial charge on any atom is -0.306 e. The first-order valence-electron chi connectivity index (χ1n) is 5.96. The van der Waals surface area contributed by atoms with Crippen LogP contribution in [0.15, 0.2) is 44.1 Å². The standard InChI is InChI=1S/C14H8Br2ClFN2O/c15-8-5-12-11(19-14(21)20-12)4-7(8)13(17)6-1-2-10(18)9(16)3-6/h1-5,13H,(H2,19,20,21). The van der Waals surface area contributed by atoms with Crippen LogP contribution < -0.4 is 5.69 Å². The van der Waals surface area contributed by atoms with Crippen LogP contribution in [0.4, 0.5) is 4.39 Å². The zero-order chi connectivity index (χ0) is 15.1. The number of aromatic nitrogens is 2. The van der Waals surface area contributed by atoms with E-state index in [0.29, 0.717) is 15.5 Å². The molecule has 3 rings (SSSR count). The summed E-state index contributed by atoms with van der Waals surface area (Å²) in [4.78, 5) is 16.7. The maximum atomic E-state index is 13.3. The molecule has 2 N–H and O–H groups in total. The topological polar surface area (TPSA) is 48.6 Å². The molecule has 2 aromatic carbocycles. The van der Waals surface area contributed by atoms with Crippen molar-refractivity contribution >= 4 is 54.5 Å². The Bertz CT molecular complexity index is 890. The highest BCUT2D eigenvalue weighted by Gasteiger charge is 2.17. The third kappa shape index (κ3) is 2.80. The summed E-state index contributed by atoms with van der Waals surface area (Å²) in [5.41, 5.74) is 2.63. The third-order valence-corrected chi connectivity index (χ3v) is 4.92. The summed E-state index contributed by atoms with van der Waals surface area (Å²) >= 11 is 13.1. The van der Waals surface area contributed by atoms with Crippen LogP contribution in [-0.4, -0.2) is 9.97 Å². The number of hydrogen-bond donors (Lipinski definition) is 2. The van der Waals surface area contributed by atoms with E-state index in [2.05, 4.69) is 41.8 Å². The lowest BCUT2D eigenvalue weighted by Crippen LogP contribution is -1.99. The van der Waals surface area contributed by atoms with Crippen molar-refractivity contribution in [3.8, 4) is 0 Å². The first kappa shape index (κ1) is 14.8. The van der Waals surface area contributed by atoms with Gasteiger partial charge in [0.2, 0.25) is 0 Å². The first-order valence-corrected chi connectivity index (χ1v) is 7.98. The molecule has 0 saturated carbocycles. The fraction of sp³-hybridized carbons (Fsp3) is 0.0714. The molecule has 0 amide bonds. The Morgan fingerprint density at radius 3 is 2.38 bits per heavy atom. The van der Waals surface area contributed by atoms with Crippen LogP contribution in [0.25, 0.3) is 11.0 Å². The number of alkyl halides is 1. The Hall–Kier alpha value is -1.11. The Kier molecular flexibility index (Phi) is 3.94. The highest BCUT2D eigenvalue weighted by atomic mass is 79.9. The predicted molar refractivity (Wildman–Crippen MR) is 88.4 cm³/mol. The van der Waals surface area contributed by atoms with Crippen molar-refractivity contribution in [2.45, 2.75) is 5.38 Å². The van der Waals surface area contributed by atoms with Crippen LogP contribution in [0.2, 0.25) is 0 Å². The number of halogens is 4. The third-order valence-electron chi connectivity index (χ3n) is 3.14. The molecule has 1 unspecified atom stereocenters. The molecule has 1 heterocycles. The Morgan fingerprint density at radius 1 is 1.05 bits per heavy atom. The van der Waals surface area contributed by atoms with Gasteiger partial charge in [-0.1, -0.05) is 22.0 Å². The second-order valence-corrected chi connectivity index (χ2v) is 6.68. The summed E-state index contributed by atoms with van der Waals surface area (Å²) in [7, 11) is 0. The monoisotopic (exact) mass is 432 g/mol. The van der Waals surface area contributed by atoms with Gasteiger partial charge in [-0.3, -0.25) is 0 Å². The quantitative estimate of drug-likeness (QED) is 0.557. The van der Waals surface area contributed by atoms with Gasteiger partial charge < -0.3 is 9.97 Å². The molecule has 108 valence electrons. The van der Waals surface area contributed by atoms with Crippen molar-refractivity contribution in [2.75, 3.05) is 0 Å². The molecule has 0 saturated heterocycles. The van der Waals surface area contributed by atoms with E-state index in [1.807, 2.05) is 0 Å². The molecule has 0 bridgehead atoms. The number of H-pyrrole nitrogens is 2. The minimum atomic E-state index is -0.473. The number of benzene rings is 2. The van der Waals surface area contributed by atoms with Crippen molar-refractivity contribution < 1.29 is 4.39 Å². The SMILES string of the molecule is O=c1[nH]c2cc(Br)c(C(Cl)c3ccc(F)c(Br)c3)cc2[nH]1. The molecule has 0 aliphatic rings. The van der Waals surface area contributed by atoms with Gasteiger partial charge in [-0.25, -0.2) is 9.18 Å². The minimum absolute atomic E-state index is 0.273. The summed E-state index contributed by atoms with van der Waals surface area (Å²) in [6.07, 6.45) is 0. The van der Waals surface area contributed by atoms with Crippen LogP contribution in [0.5, 0.6) is 0 Å². The zero-order valence-corrected chi connectivity index (χ0v) is 14.3. The van der Waals surface area contributed by atoms with Gasteiger partial charge in [-0.05, 0) is 51.3 Å². The van der Waals surface area contributed by atoms with Crippen LogP contribution in [0.3, 0.4) is 0 Å². The summed E-state index contributed by atoms with van der Waals surface area (Å²) in [5, 5.41) is -0.473. The van der Waals surface area contributed by atoms with Crippen molar-refractivity contribution in [1.29, 1.82) is 0 Å². The van der Waals surface area contributed by atoms with E-state index < -0.39 is 5.38 Å². The van der Waals surface area contributed by atoms with Gasteiger partial charge in [-0.15, -0.1) is 11.6 Å². The van der Waals surface area contributed by atoms with Gasteiger partial charge in [0.25, 0.3) is 0 Å². The molecule has 1 aromatic heterocycles. The fourth-order valence-electron chi connectivity index (χ4n) is 2.12. The Labute approximate surface area is 140 Å². The van der Waals surface area contributed by atoms with E-state index in [-0.39, 0.29) is 11.5 Å². The second-order valence-electron chi connectivity index (χ2n) is 4.53. The van der Waals surface area contributed by atoms with E-state index in [4.69, 9.17) is 11.6 Å². The van der Waals surface area contributed by atoms with Gasteiger partial charge in [0, 0.05) is 4.47 Å². The van der Waals surface area contributed by atoms with E-state index in [9.17, 15) is 9.18 Å². The molecule has 0 aliphatic heterocycles. The molecule has 3 aromatic rings. The summed E-state index contributed by atoms with van der Waals surface area (Å²) in [6, 6.07) is 8.22. The lowest BCUT2D eigenvalue weighted by atomic mass is 10.0. The molecular formula is C14H8Br2ClFN2O. The molecule has 0 aliphatic carbocycles. The Morgan fingerprint density at radius 2 is 1.71 bits per heavy atom. The van der Waals surface area contributed by atoms with Gasteiger partial charge in [0.1, 0.15) is 5.82 Å². The van der Waals surface area contributed by atoms with Gasteiger partial charge >= 0.3 is 5.69 Å². The van der Waals surface area contributed by atoms with Crippen LogP contribution in [0.1, 0.15) is 16.5 Å². The average molecular weight is 434 g/mol. The summed E-state index contributed by atoms with van der Waals surface area (Å²) < 4.78 is 14.4. The number of fused-ring (bicyclic) bond motifs is 1. The molecule has 7 heteroatoms. The van der Waals surface area contributed by atoms with Crippen LogP contribution >= 0.6 is 43.5 Å². The zero-order valence-electron chi connectivity index (χ0n) is 10.4. The largest absolute Gasteiger partial charge is 0.323 e. The van der Waals surface area contributed by atoms with Crippen molar-refractivity contribution in [1.82, 2.24) is 9.97 Å². The van der Waals surface area contributed by atoms with E-state index in [1.165, 1.54) is 6.07 Å². The average Bonchev–Trinajstić information content (AvgIpc) is 2.79. The van der Waals surface area contributed by atoms with Crippen molar-refractivity contribution in [3.05, 3.63) is 66.7 Å². The number of hydrogen-bond acceptors (Lipinski definition) is 1. The first-order chi connectivity index (χ1) is 9.95. The van der Waals surface area contributed by atoms with E-state index in [1.54, 1.807) is 24.3 Å². The lowest BCUT2D eigenvalue weighted by Gasteiger charge is -2.13. The maximum Gasteiger partial charge on any atom is 0.323 e. The van der Waals surface area contributed by atoms with Crippen LogP contribution in [-0.2, 0) is 0 Å². The number of aromatic amines is 2. The fourth-order valence-corrected chi connectivity index (χ4v) is 3.53. The highest BCUT2D eigenvalue weighted by Crippen LogP contribution is 2.36. The van der Waals surface area contributed by atoms with Gasteiger partial charge in [-0.2, -0.15) is 0 Å². The molecular weight excluding hydrogens is 426 g/mol. The van der Waals surface area contributed by atoms with E-state index in [0.717, 1.165) is 15.6 Å². The normalized spacial score (nSPS) is 12.8. The molecule has 21 heavy (non-hydrogen) atoms. The van der Waals surface area contributed by atoms with Crippen LogP contribution in [0, 0.1) is 5.82 Å². The smallest absolute Gasteiger partial charge is 0.306 e. The molecule has 3 nitrogen and oxygen atoms in total. The number of nitrogens with one attached hydrogen (secondary N) is 2. The molecule has 0 radical (unpaired) electrons. The second kappa shape index (κ2) is 5.59. The predicted octanol–water partition coefficient (Wildman–Crippen LogP) is 4.85. The van der Waals surface area contributed by atoms with Gasteiger partial charge in [0.05, 0.1) is 20.9 Å². The lowest BCUT2D eigenvalue weighted by molar-refractivity contribution is 0.620. The number of imidazole rings is 1. The summed E-state index contributed by atoms with van der Waals surface area (Å²) in [5.74, 6) is -0.341. The highest BCUT2D eigenvalue weighted by molar-refractivity contribution is 9.10. The molecule has 1 atom stereocenters. The molecule has 0 spiro atoms. The summed E-state index contributed by atoms with van der Waals surface area (Å²) in [6.45, 7) is 0. The number of rotatable bonds is 2. The molecule has 0 fully saturated rings. The van der Waals surface area contributed by atoms with Crippen molar-refractivity contribution in [2.24, 2.45) is 0 Å². The Balaban J connectivity index is 2.11.